The minimum Gasteiger partial charge on any atom is -0.392 e. The van der Waals surface area contributed by atoms with Gasteiger partial charge in [0.2, 0.25) is 5.91 Å². The number of aliphatic hydroxyl groups is 1. The number of hydrogen-bond donors (Lipinski definition) is 3. The number of aliphatic hydroxyl groups excluding tert-OH is 1. The van der Waals surface area contributed by atoms with Gasteiger partial charge in [0, 0.05) is 24.1 Å². The fourth-order valence-electron chi connectivity index (χ4n) is 7.81. The predicted molar refractivity (Wildman–Crippen MR) is 118 cm³/mol. The van der Waals surface area contributed by atoms with Crippen molar-refractivity contribution in [3.8, 4) is 11.3 Å². The molecular weight excluding hydrogens is 407 g/mol. The number of carbonyl (C=O) groups is 1. The molecule has 170 valence electrons. The average molecular weight is 439 g/mol. The van der Waals surface area contributed by atoms with Crippen LogP contribution in [0.4, 0.5) is 4.39 Å². The minimum atomic E-state index is -0.474. The first kappa shape index (κ1) is 20.4. The van der Waals surface area contributed by atoms with Crippen LogP contribution in [-0.2, 0) is 4.79 Å². The molecule has 0 saturated heterocycles. The Hall–Kier alpha value is -2.25. The van der Waals surface area contributed by atoms with Crippen LogP contribution in [0.15, 0.2) is 30.7 Å². The summed E-state index contributed by atoms with van der Waals surface area (Å²) >= 11 is 0. The molecule has 0 radical (unpaired) electrons. The van der Waals surface area contributed by atoms with E-state index in [2.05, 4.69) is 15.6 Å². The molecule has 4 saturated carbocycles. The van der Waals surface area contributed by atoms with Crippen LogP contribution < -0.4 is 10.6 Å². The summed E-state index contributed by atoms with van der Waals surface area (Å²) in [7, 11) is 0. The average Bonchev–Trinajstić information content (AvgIpc) is 3.33. The second-order valence-corrected chi connectivity index (χ2v) is 10.6. The van der Waals surface area contributed by atoms with E-state index in [0.29, 0.717) is 42.4 Å². The molecule has 32 heavy (non-hydrogen) atoms. The fraction of sp³-hybridized carbons (Fsp3) is 0.600. The standard InChI is InChI=1S/C25H31FN4O2/c1-14(31)28-12-29-24-16-5-15-6-17(24)10-25(8-15,9-16)22(32)7-20-23-18(3-2-4-19(23)26)21-11-27-13-30(20)21/h2-4,11,13,15-17,20,22,24,29,32H,5-10,12H2,1H3,(H,28,31). The third-order valence-electron chi connectivity index (χ3n) is 8.81. The Morgan fingerprint density at radius 2 is 2.09 bits per heavy atom. The van der Waals surface area contributed by atoms with Crippen molar-refractivity contribution >= 4 is 5.91 Å². The van der Waals surface area contributed by atoms with E-state index < -0.39 is 6.10 Å². The second kappa shape index (κ2) is 7.39. The van der Waals surface area contributed by atoms with Gasteiger partial charge in [0.05, 0.1) is 37.0 Å². The van der Waals surface area contributed by atoms with Gasteiger partial charge in [0.15, 0.2) is 0 Å². The van der Waals surface area contributed by atoms with E-state index in [1.165, 1.54) is 18.9 Å². The molecule has 1 amide bonds. The molecule has 1 aromatic carbocycles. The number of benzene rings is 1. The molecule has 7 rings (SSSR count). The number of nitrogens with zero attached hydrogens (tertiary/aromatic N) is 2. The Kier molecular flexibility index (Phi) is 4.70. The number of fused-ring (bicyclic) bond motifs is 3. The molecular formula is C25H31FN4O2. The molecule has 4 aliphatic carbocycles. The van der Waals surface area contributed by atoms with E-state index in [1.54, 1.807) is 25.5 Å². The van der Waals surface area contributed by atoms with Crippen molar-refractivity contribution in [3.63, 3.8) is 0 Å². The zero-order valence-electron chi connectivity index (χ0n) is 18.4. The minimum absolute atomic E-state index is 0.0174. The highest BCUT2D eigenvalue weighted by Crippen LogP contribution is 2.62. The van der Waals surface area contributed by atoms with E-state index in [4.69, 9.17) is 0 Å². The van der Waals surface area contributed by atoms with E-state index in [9.17, 15) is 14.3 Å². The first-order valence-corrected chi connectivity index (χ1v) is 11.9. The summed E-state index contributed by atoms with van der Waals surface area (Å²) in [6.07, 6.45) is 9.11. The predicted octanol–water partition coefficient (Wildman–Crippen LogP) is 3.22. The largest absolute Gasteiger partial charge is 0.392 e. The monoisotopic (exact) mass is 438 g/mol. The molecule has 2 aromatic rings. The van der Waals surface area contributed by atoms with Crippen molar-refractivity contribution < 1.29 is 14.3 Å². The number of amides is 1. The SMILES string of the molecule is CC(=O)NCNC1C2CC3CC1CC(C(O)CC1c4c(F)cccc4-c4cncn41)(C3)C2. The van der Waals surface area contributed by atoms with Crippen molar-refractivity contribution in [2.75, 3.05) is 6.67 Å². The number of hydrogen-bond acceptors (Lipinski definition) is 4. The van der Waals surface area contributed by atoms with Crippen molar-refractivity contribution in [2.45, 2.75) is 63.6 Å². The Balaban J connectivity index is 1.23. The first-order chi connectivity index (χ1) is 15.4. The molecule has 1 aromatic heterocycles. The summed E-state index contributed by atoms with van der Waals surface area (Å²) in [5, 5.41) is 18.1. The third-order valence-corrected chi connectivity index (χ3v) is 8.81. The lowest BCUT2D eigenvalue weighted by atomic mass is 9.46. The summed E-state index contributed by atoms with van der Waals surface area (Å²) in [5.74, 6) is 1.51. The number of rotatable bonds is 6. The maximum atomic E-state index is 14.9. The fourth-order valence-corrected chi connectivity index (χ4v) is 7.81. The maximum Gasteiger partial charge on any atom is 0.217 e. The van der Waals surface area contributed by atoms with Gasteiger partial charge in [-0.15, -0.1) is 0 Å². The molecule has 6 nitrogen and oxygen atoms in total. The van der Waals surface area contributed by atoms with E-state index >= 15 is 0 Å². The molecule has 5 aliphatic rings. The number of carbonyl (C=O) groups excluding carboxylic acids is 1. The molecule has 4 bridgehead atoms. The van der Waals surface area contributed by atoms with E-state index in [-0.39, 0.29) is 23.2 Å². The highest BCUT2D eigenvalue weighted by molar-refractivity contribution is 5.72. The van der Waals surface area contributed by atoms with Gasteiger partial charge in [0.25, 0.3) is 0 Å². The molecule has 4 atom stereocenters. The van der Waals surface area contributed by atoms with Crippen molar-refractivity contribution in [1.82, 2.24) is 20.2 Å². The molecule has 3 N–H and O–H groups in total. The Bertz CT molecular complexity index is 1040. The second-order valence-electron chi connectivity index (χ2n) is 10.6. The van der Waals surface area contributed by atoms with Gasteiger partial charge < -0.3 is 15.0 Å². The van der Waals surface area contributed by atoms with Crippen LogP contribution >= 0.6 is 0 Å². The lowest BCUT2D eigenvalue weighted by Gasteiger charge is -2.61. The Morgan fingerprint density at radius 1 is 1.31 bits per heavy atom. The summed E-state index contributed by atoms with van der Waals surface area (Å²) < 4.78 is 16.9. The lowest BCUT2D eigenvalue weighted by molar-refractivity contribution is -0.138. The van der Waals surface area contributed by atoms with Gasteiger partial charge in [-0.1, -0.05) is 12.1 Å². The van der Waals surface area contributed by atoms with Gasteiger partial charge in [-0.05, 0) is 67.8 Å². The van der Waals surface area contributed by atoms with Gasteiger partial charge in [-0.25, -0.2) is 9.37 Å². The van der Waals surface area contributed by atoms with Gasteiger partial charge in [-0.2, -0.15) is 0 Å². The summed E-state index contributed by atoms with van der Waals surface area (Å²) in [4.78, 5) is 15.6. The topological polar surface area (TPSA) is 79.2 Å². The summed E-state index contributed by atoms with van der Waals surface area (Å²) in [6.45, 7) is 2.05. The highest BCUT2D eigenvalue weighted by atomic mass is 19.1. The highest BCUT2D eigenvalue weighted by Gasteiger charge is 2.58. The van der Waals surface area contributed by atoms with Crippen molar-refractivity contribution in [1.29, 1.82) is 0 Å². The summed E-state index contributed by atoms with van der Waals surface area (Å²) in [6, 6.07) is 5.42. The van der Waals surface area contributed by atoms with Crippen LogP contribution in [0, 0.1) is 29.0 Å². The maximum absolute atomic E-state index is 14.9. The molecule has 4 fully saturated rings. The van der Waals surface area contributed by atoms with Crippen LogP contribution in [0.25, 0.3) is 11.3 Å². The zero-order valence-corrected chi connectivity index (χ0v) is 18.4. The molecule has 0 spiro atoms. The first-order valence-electron chi connectivity index (χ1n) is 11.9. The van der Waals surface area contributed by atoms with Gasteiger partial charge in [0.1, 0.15) is 5.82 Å². The lowest BCUT2D eigenvalue weighted by Crippen LogP contribution is -2.62. The van der Waals surface area contributed by atoms with Crippen LogP contribution in [-0.4, -0.2) is 39.4 Å². The smallest absolute Gasteiger partial charge is 0.217 e. The van der Waals surface area contributed by atoms with Gasteiger partial charge >= 0.3 is 0 Å². The Labute approximate surface area is 187 Å². The number of imidazole rings is 1. The molecule has 1 aliphatic heterocycles. The van der Waals surface area contributed by atoms with E-state index in [0.717, 1.165) is 30.5 Å². The third kappa shape index (κ3) is 3.05. The van der Waals surface area contributed by atoms with Crippen LogP contribution in [0.1, 0.15) is 57.1 Å². The number of aromatic nitrogens is 2. The Morgan fingerprint density at radius 3 is 2.84 bits per heavy atom. The van der Waals surface area contributed by atoms with Gasteiger partial charge in [-0.3, -0.25) is 10.1 Å². The zero-order chi connectivity index (χ0) is 22.0. The quantitative estimate of drug-likeness (QED) is 0.605. The van der Waals surface area contributed by atoms with Crippen LogP contribution in [0.2, 0.25) is 0 Å². The number of nitrogens with one attached hydrogen (secondary N) is 2. The molecule has 2 heterocycles. The van der Waals surface area contributed by atoms with Crippen LogP contribution in [0.5, 0.6) is 0 Å². The van der Waals surface area contributed by atoms with E-state index in [1.807, 2.05) is 10.6 Å². The van der Waals surface area contributed by atoms with Crippen molar-refractivity contribution in [3.05, 3.63) is 42.1 Å². The molecule has 4 unspecified atom stereocenters. The number of halogens is 1. The molecule has 7 heteroatoms. The van der Waals surface area contributed by atoms with Crippen molar-refractivity contribution in [2.24, 2.45) is 23.2 Å². The normalized spacial score (nSPS) is 34.9. The van der Waals surface area contributed by atoms with Crippen LogP contribution in [0.3, 0.4) is 0 Å². The summed E-state index contributed by atoms with van der Waals surface area (Å²) in [5.41, 5.74) is 2.44.